The maximum atomic E-state index is 5.89. The minimum atomic E-state index is 0.568. The van der Waals surface area contributed by atoms with Gasteiger partial charge in [-0.15, -0.1) is 0 Å². The van der Waals surface area contributed by atoms with Gasteiger partial charge in [0.2, 0.25) is 0 Å². The number of nitrogens with zero attached hydrogens (tertiary/aromatic N) is 2. The molecule has 0 aliphatic carbocycles. The summed E-state index contributed by atoms with van der Waals surface area (Å²) < 4.78 is 0. The van der Waals surface area contributed by atoms with Crippen LogP contribution in [0.15, 0.2) is 5.16 Å². The predicted molar refractivity (Wildman–Crippen MR) is 52.9 cm³/mol. The van der Waals surface area contributed by atoms with Crippen molar-refractivity contribution in [2.24, 2.45) is 0 Å². The average Bonchev–Trinajstić information content (AvgIpc) is 2.01. The van der Waals surface area contributed by atoms with Crippen LogP contribution in [-0.2, 0) is 0 Å². The molecule has 4 heteroatoms. The summed E-state index contributed by atoms with van der Waals surface area (Å²) in [7, 11) is 0. The molecule has 0 unspecified atom stereocenters. The number of rotatable bonds is 2. The molecule has 0 aliphatic heterocycles. The van der Waals surface area contributed by atoms with E-state index in [4.69, 9.17) is 11.6 Å². The molecule has 0 N–H and O–H groups in total. The Morgan fingerprint density at radius 1 is 1.33 bits per heavy atom. The second-order valence-electron chi connectivity index (χ2n) is 2.44. The lowest BCUT2D eigenvalue weighted by atomic mass is 10.3. The van der Waals surface area contributed by atoms with Crippen molar-refractivity contribution < 1.29 is 0 Å². The van der Waals surface area contributed by atoms with Crippen molar-refractivity contribution in [3.63, 3.8) is 0 Å². The van der Waals surface area contributed by atoms with E-state index in [1.807, 2.05) is 13.8 Å². The number of halogens is 1. The van der Waals surface area contributed by atoms with Crippen LogP contribution in [0.2, 0.25) is 5.15 Å². The van der Waals surface area contributed by atoms with Crippen molar-refractivity contribution in [1.29, 1.82) is 0 Å². The van der Waals surface area contributed by atoms with E-state index in [2.05, 4.69) is 16.9 Å². The Labute approximate surface area is 81.8 Å². The highest BCUT2D eigenvalue weighted by Crippen LogP contribution is 2.19. The quantitative estimate of drug-likeness (QED) is 0.419. The van der Waals surface area contributed by atoms with Gasteiger partial charge in [-0.1, -0.05) is 30.3 Å². The summed E-state index contributed by atoms with van der Waals surface area (Å²) in [6.07, 6.45) is 0. The van der Waals surface area contributed by atoms with Gasteiger partial charge in [-0.25, -0.2) is 9.97 Å². The Bertz CT molecular complexity index is 265. The SMILES string of the molecule is CCSc1nc(C)c(C)c(Cl)n1. The molecule has 0 saturated carbocycles. The van der Waals surface area contributed by atoms with Crippen molar-refractivity contribution in [2.45, 2.75) is 25.9 Å². The molecule has 0 saturated heterocycles. The number of hydrogen-bond acceptors (Lipinski definition) is 3. The summed E-state index contributed by atoms with van der Waals surface area (Å²) in [5.41, 5.74) is 1.93. The van der Waals surface area contributed by atoms with Crippen LogP contribution in [0.3, 0.4) is 0 Å². The van der Waals surface area contributed by atoms with Crippen molar-refractivity contribution in [3.8, 4) is 0 Å². The number of thioether (sulfide) groups is 1. The molecule has 0 bridgehead atoms. The topological polar surface area (TPSA) is 25.8 Å². The molecule has 0 atom stereocenters. The molecule has 0 aliphatic rings. The molecule has 0 aromatic carbocycles. The molecule has 0 amide bonds. The first-order valence-corrected chi connectivity index (χ1v) is 5.15. The highest BCUT2D eigenvalue weighted by atomic mass is 35.5. The van der Waals surface area contributed by atoms with E-state index in [0.717, 1.165) is 22.2 Å². The lowest BCUT2D eigenvalue weighted by Gasteiger charge is -2.03. The fourth-order valence-electron chi connectivity index (χ4n) is 0.763. The molecule has 1 rings (SSSR count). The minimum absolute atomic E-state index is 0.568. The standard InChI is InChI=1S/C8H11ClN2S/c1-4-12-8-10-6(3)5(2)7(9)11-8/h4H2,1-3H3. The molecular weight excluding hydrogens is 192 g/mol. The van der Waals surface area contributed by atoms with Crippen LogP contribution in [0, 0.1) is 13.8 Å². The van der Waals surface area contributed by atoms with Gasteiger partial charge >= 0.3 is 0 Å². The Balaban J connectivity index is 3.04. The monoisotopic (exact) mass is 202 g/mol. The lowest BCUT2D eigenvalue weighted by Crippen LogP contribution is -1.95. The predicted octanol–water partition coefficient (Wildman–Crippen LogP) is 2.86. The van der Waals surface area contributed by atoms with Crippen molar-refractivity contribution in [2.75, 3.05) is 5.75 Å². The van der Waals surface area contributed by atoms with Gasteiger partial charge in [-0.3, -0.25) is 0 Å². The van der Waals surface area contributed by atoms with E-state index >= 15 is 0 Å². The van der Waals surface area contributed by atoms with Gasteiger partial charge in [0.25, 0.3) is 0 Å². The Hall–Kier alpha value is -0.280. The third kappa shape index (κ3) is 2.11. The van der Waals surface area contributed by atoms with Gasteiger partial charge in [-0.05, 0) is 19.6 Å². The highest BCUT2D eigenvalue weighted by Gasteiger charge is 2.04. The molecule has 1 heterocycles. The van der Waals surface area contributed by atoms with E-state index < -0.39 is 0 Å². The molecule has 0 spiro atoms. The molecule has 66 valence electrons. The van der Waals surface area contributed by atoms with E-state index in [1.165, 1.54) is 0 Å². The fraction of sp³-hybridized carbons (Fsp3) is 0.500. The molecule has 2 nitrogen and oxygen atoms in total. The molecule has 12 heavy (non-hydrogen) atoms. The Kier molecular flexibility index (Phi) is 3.35. The van der Waals surface area contributed by atoms with E-state index in [1.54, 1.807) is 11.8 Å². The molecular formula is C8H11ClN2S. The lowest BCUT2D eigenvalue weighted by molar-refractivity contribution is 0.914. The largest absolute Gasteiger partial charge is 0.228 e. The molecule has 0 radical (unpaired) electrons. The van der Waals surface area contributed by atoms with Gasteiger partial charge in [0.15, 0.2) is 5.16 Å². The first-order chi connectivity index (χ1) is 5.65. The second kappa shape index (κ2) is 4.10. The first-order valence-electron chi connectivity index (χ1n) is 3.78. The summed E-state index contributed by atoms with van der Waals surface area (Å²) in [4.78, 5) is 8.43. The maximum Gasteiger partial charge on any atom is 0.189 e. The van der Waals surface area contributed by atoms with E-state index in [-0.39, 0.29) is 0 Å². The smallest absolute Gasteiger partial charge is 0.189 e. The van der Waals surface area contributed by atoms with Gasteiger partial charge in [-0.2, -0.15) is 0 Å². The second-order valence-corrected chi connectivity index (χ2v) is 4.03. The van der Waals surface area contributed by atoms with Crippen LogP contribution >= 0.6 is 23.4 Å². The van der Waals surface area contributed by atoms with Gasteiger partial charge in [0.1, 0.15) is 5.15 Å². The third-order valence-electron chi connectivity index (χ3n) is 1.58. The third-order valence-corrected chi connectivity index (χ3v) is 2.68. The summed E-state index contributed by atoms with van der Waals surface area (Å²) in [6, 6.07) is 0. The summed E-state index contributed by atoms with van der Waals surface area (Å²) in [5.74, 6) is 0.971. The summed E-state index contributed by atoms with van der Waals surface area (Å²) in [6.45, 7) is 5.94. The Morgan fingerprint density at radius 2 is 2.00 bits per heavy atom. The maximum absolute atomic E-state index is 5.89. The van der Waals surface area contributed by atoms with Gasteiger partial charge in [0.05, 0.1) is 0 Å². The molecule has 1 aromatic heterocycles. The van der Waals surface area contributed by atoms with Crippen LogP contribution in [0.5, 0.6) is 0 Å². The first kappa shape index (κ1) is 9.81. The van der Waals surface area contributed by atoms with Crippen LogP contribution < -0.4 is 0 Å². The fourth-order valence-corrected chi connectivity index (χ4v) is 1.65. The zero-order chi connectivity index (χ0) is 9.14. The zero-order valence-corrected chi connectivity index (χ0v) is 8.96. The van der Waals surface area contributed by atoms with E-state index in [0.29, 0.717) is 5.15 Å². The normalized spacial score (nSPS) is 10.3. The summed E-state index contributed by atoms with van der Waals surface area (Å²) in [5, 5.41) is 1.34. The minimum Gasteiger partial charge on any atom is -0.228 e. The summed E-state index contributed by atoms with van der Waals surface area (Å²) >= 11 is 7.50. The molecule has 0 fully saturated rings. The number of aromatic nitrogens is 2. The molecule has 1 aromatic rings. The number of hydrogen-bond donors (Lipinski definition) is 0. The zero-order valence-electron chi connectivity index (χ0n) is 7.39. The number of aryl methyl sites for hydroxylation is 1. The van der Waals surface area contributed by atoms with Crippen LogP contribution in [0.1, 0.15) is 18.2 Å². The van der Waals surface area contributed by atoms with Crippen molar-refractivity contribution >= 4 is 23.4 Å². The van der Waals surface area contributed by atoms with E-state index in [9.17, 15) is 0 Å². The average molecular weight is 203 g/mol. The van der Waals surface area contributed by atoms with Crippen LogP contribution in [0.25, 0.3) is 0 Å². The van der Waals surface area contributed by atoms with Crippen molar-refractivity contribution in [1.82, 2.24) is 9.97 Å². The highest BCUT2D eigenvalue weighted by molar-refractivity contribution is 7.99. The Morgan fingerprint density at radius 3 is 2.50 bits per heavy atom. The van der Waals surface area contributed by atoms with Gasteiger partial charge < -0.3 is 0 Å². The van der Waals surface area contributed by atoms with Gasteiger partial charge in [0, 0.05) is 11.3 Å². The van der Waals surface area contributed by atoms with Crippen LogP contribution in [0.4, 0.5) is 0 Å². The van der Waals surface area contributed by atoms with Crippen LogP contribution in [-0.4, -0.2) is 15.7 Å². The van der Waals surface area contributed by atoms with Crippen molar-refractivity contribution in [3.05, 3.63) is 16.4 Å².